The van der Waals surface area contributed by atoms with E-state index in [0.717, 1.165) is 47.4 Å². The van der Waals surface area contributed by atoms with E-state index in [-0.39, 0.29) is 23.5 Å². The van der Waals surface area contributed by atoms with Crippen molar-refractivity contribution in [3.05, 3.63) is 76.3 Å². The van der Waals surface area contributed by atoms with Gasteiger partial charge in [0, 0.05) is 66.4 Å². The predicted octanol–water partition coefficient (Wildman–Crippen LogP) is 3.59. The third-order valence-electron chi connectivity index (χ3n) is 7.19. The summed E-state index contributed by atoms with van der Waals surface area (Å²) < 4.78 is 5.83. The Balaban J connectivity index is 0.00000267. The Morgan fingerprint density at radius 1 is 1.11 bits per heavy atom. The number of allylic oxidation sites excluding steroid dienone is 5. The van der Waals surface area contributed by atoms with Crippen molar-refractivity contribution in [2.75, 3.05) is 27.2 Å². The predicted molar refractivity (Wildman–Crippen MR) is 139 cm³/mol. The quantitative estimate of drug-likeness (QED) is 0.629. The zero-order valence-corrected chi connectivity index (χ0v) is 20.5. The van der Waals surface area contributed by atoms with Crippen molar-refractivity contribution in [3.8, 4) is 0 Å². The molecule has 0 amide bonds. The van der Waals surface area contributed by atoms with Crippen LogP contribution in [0.2, 0.25) is 0 Å². The number of nitrogens with one attached hydrogen (secondary N) is 2. The lowest BCUT2D eigenvalue weighted by Crippen LogP contribution is -2.32. The summed E-state index contributed by atoms with van der Waals surface area (Å²) in [6.45, 7) is 1.48. The third kappa shape index (κ3) is 4.02. The Bertz CT molecular complexity index is 1420. The highest BCUT2D eigenvalue weighted by atomic mass is 16.3. The van der Waals surface area contributed by atoms with Gasteiger partial charge < -0.3 is 24.8 Å². The summed E-state index contributed by atoms with van der Waals surface area (Å²) >= 11 is 0. The molecule has 36 heavy (non-hydrogen) atoms. The number of rotatable bonds is 2. The van der Waals surface area contributed by atoms with Gasteiger partial charge in [0.25, 0.3) is 0 Å². The van der Waals surface area contributed by atoms with Crippen LogP contribution in [0.1, 0.15) is 52.2 Å². The second-order valence-corrected chi connectivity index (χ2v) is 9.84. The highest BCUT2D eigenvalue weighted by Crippen LogP contribution is 2.42. The van der Waals surface area contributed by atoms with Crippen LogP contribution >= 0.6 is 0 Å². The van der Waals surface area contributed by atoms with E-state index in [1.165, 1.54) is 5.57 Å². The number of nitrogens with zero attached hydrogens (tertiary/aromatic N) is 2. The lowest BCUT2D eigenvalue weighted by molar-refractivity contribution is -0.113. The third-order valence-corrected chi connectivity index (χ3v) is 7.19. The second kappa shape index (κ2) is 9.37. The van der Waals surface area contributed by atoms with E-state index in [0.29, 0.717) is 41.5 Å². The number of H-pyrrole nitrogens is 2. The number of ketones is 2. The molecule has 186 valence electrons. The lowest BCUT2D eigenvalue weighted by atomic mass is 9.78. The number of hydrogen-bond donors (Lipinski definition) is 2. The Morgan fingerprint density at radius 3 is 2.81 bits per heavy atom. The maximum absolute atomic E-state index is 13.4. The van der Waals surface area contributed by atoms with E-state index >= 15 is 0 Å². The Hall–Kier alpha value is -3.75. The van der Waals surface area contributed by atoms with Crippen molar-refractivity contribution in [1.29, 1.82) is 0 Å². The summed E-state index contributed by atoms with van der Waals surface area (Å²) in [5.74, 6) is 0.623. The van der Waals surface area contributed by atoms with Crippen LogP contribution in [0.3, 0.4) is 0 Å². The molecule has 0 aromatic carbocycles. The second-order valence-electron chi connectivity index (χ2n) is 9.84. The van der Waals surface area contributed by atoms with Gasteiger partial charge in [0.1, 0.15) is 12.0 Å². The van der Waals surface area contributed by atoms with Crippen molar-refractivity contribution in [2.45, 2.75) is 25.7 Å². The molecule has 0 saturated heterocycles. The zero-order chi connectivity index (χ0) is 24.1. The van der Waals surface area contributed by atoms with Gasteiger partial charge in [0.15, 0.2) is 11.6 Å². The van der Waals surface area contributed by atoms with E-state index in [1.807, 2.05) is 12.4 Å². The molecule has 1 atom stereocenters. The minimum atomic E-state index is -0.196. The normalized spacial score (nSPS) is 23.8. The van der Waals surface area contributed by atoms with Crippen LogP contribution in [0.25, 0.3) is 17.2 Å². The monoisotopic (exact) mass is 486 g/mol. The molecule has 0 spiro atoms. The molecule has 8 bridgehead atoms. The Labute approximate surface area is 209 Å². The summed E-state index contributed by atoms with van der Waals surface area (Å²) in [6, 6.07) is 1.79. The fraction of sp³-hybridized carbons (Fsp3) is 0.321. The van der Waals surface area contributed by atoms with Crippen LogP contribution in [0.5, 0.6) is 0 Å². The first-order valence-corrected chi connectivity index (χ1v) is 12.1. The number of Topliss-reactive ketones (excluding diaryl/α,β-unsaturated/α-hetero) is 2. The number of aliphatic imine (C=N–C) groups is 1. The maximum Gasteiger partial charge on any atom is 0.173 e. The average molecular weight is 487 g/mol. The Kier molecular flexibility index (Phi) is 6.24. The van der Waals surface area contributed by atoms with Crippen LogP contribution in [0, 0.1) is 5.92 Å². The van der Waals surface area contributed by atoms with Crippen molar-refractivity contribution in [3.63, 3.8) is 0 Å². The van der Waals surface area contributed by atoms with Gasteiger partial charge in [-0.15, -0.1) is 0 Å². The minimum absolute atomic E-state index is 0. The van der Waals surface area contributed by atoms with E-state index < -0.39 is 0 Å². The van der Waals surface area contributed by atoms with Gasteiger partial charge in [-0.05, 0) is 61.9 Å². The van der Waals surface area contributed by atoms with Crippen molar-refractivity contribution < 1.29 is 19.5 Å². The van der Waals surface area contributed by atoms with E-state index in [1.54, 1.807) is 18.5 Å². The van der Waals surface area contributed by atoms with E-state index in [2.05, 4.69) is 41.1 Å². The van der Waals surface area contributed by atoms with Gasteiger partial charge >= 0.3 is 0 Å². The SMILES string of the molecule is CN(C)C[C@@H]1CCC2=C/C3=C4/C(=O)CC(=O)c5cc(occ[nH]c54)CC/N=C/1C2=Cc1c[nH]cc13.O. The molecule has 2 aromatic heterocycles. The molecule has 4 N–H and O–H groups in total. The van der Waals surface area contributed by atoms with Crippen LogP contribution in [-0.2, 0) is 11.2 Å². The van der Waals surface area contributed by atoms with Crippen molar-refractivity contribution in [1.82, 2.24) is 14.9 Å². The maximum atomic E-state index is 13.4. The molecule has 8 nitrogen and oxygen atoms in total. The first kappa shape index (κ1) is 24.0. The fourth-order valence-electron chi connectivity index (χ4n) is 5.66. The Morgan fingerprint density at radius 2 is 1.97 bits per heavy atom. The van der Waals surface area contributed by atoms with Gasteiger partial charge in [-0.25, -0.2) is 0 Å². The summed E-state index contributed by atoms with van der Waals surface area (Å²) in [5.41, 5.74) is 7.86. The molecule has 0 radical (unpaired) electrons. The molecular formula is C28H30N4O4. The van der Waals surface area contributed by atoms with Gasteiger partial charge in [0.2, 0.25) is 0 Å². The zero-order valence-electron chi connectivity index (χ0n) is 20.5. The first-order valence-electron chi connectivity index (χ1n) is 12.1. The van der Waals surface area contributed by atoms with Crippen LogP contribution < -0.4 is 0 Å². The summed E-state index contributed by atoms with van der Waals surface area (Å²) in [5, 5.41) is 0. The number of carbonyl (C=O) groups excluding carboxylic acids is 2. The number of aromatic nitrogens is 2. The summed E-state index contributed by atoms with van der Waals surface area (Å²) in [6.07, 6.45) is 13.8. The molecule has 1 saturated carbocycles. The van der Waals surface area contributed by atoms with Gasteiger partial charge in [0.05, 0.1) is 17.7 Å². The van der Waals surface area contributed by atoms with Gasteiger partial charge in [-0.3, -0.25) is 14.6 Å². The van der Waals surface area contributed by atoms with Crippen LogP contribution in [0.4, 0.5) is 0 Å². The molecule has 4 aliphatic rings. The van der Waals surface area contributed by atoms with Gasteiger partial charge in [-0.1, -0.05) is 0 Å². The highest BCUT2D eigenvalue weighted by Gasteiger charge is 2.34. The molecule has 3 aliphatic carbocycles. The topological polar surface area (TPSA) is 126 Å². The minimum Gasteiger partial charge on any atom is -0.468 e. The average Bonchev–Trinajstić information content (AvgIpc) is 3.19. The summed E-state index contributed by atoms with van der Waals surface area (Å²) in [4.78, 5) is 40.2. The van der Waals surface area contributed by atoms with E-state index in [4.69, 9.17) is 9.41 Å². The number of fused-ring (bicyclic) bond motifs is 4. The molecule has 3 heterocycles. The molecule has 2 aromatic rings. The van der Waals surface area contributed by atoms with Crippen LogP contribution in [-0.4, -0.2) is 64.8 Å². The highest BCUT2D eigenvalue weighted by molar-refractivity contribution is 6.38. The van der Waals surface area contributed by atoms with E-state index in [9.17, 15) is 9.59 Å². The first-order chi connectivity index (χ1) is 17.0. The fourth-order valence-corrected chi connectivity index (χ4v) is 5.66. The number of hydrogen-bond acceptors (Lipinski definition) is 5. The molecule has 1 fully saturated rings. The van der Waals surface area contributed by atoms with Crippen LogP contribution in [0.15, 0.2) is 57.6 Å². The molecule has 0 unspecified atom stereocenters. The number of carbonyl (C=O) groups is 2. The lowest BCUT2D eigenvalue weighted by Gasteiger charge is -2.31. The standard InChI is InChI=1S/C28H28N4O3.H2O/c1-32(2)15-17-4-3-16-9-21-23-14-29-13-18(23)10-20(16)27(17)30-6-5-19-11-22-24(33)12-25(34)26(21)28(22)31-7-8-35-19;/h7-11,13-14,17,29,31H,3-6,12,15H2,1-2H3;1H2/b8-7?,19-11?,26-21+,30-27-;/t17-;/m0./s1. The molecule has 6 rings (SSSR count). The largest absolute Gasteiger partial charge is 0.468 e. The summed E-state index contributed by atoms with van der Waals surface area (Å²) in [7, 11) is 4.20. The molecule has 8 heteroatoms. The number of aromatic amines is 2. The van der Waals surface area contributed by atoms with Gasteiger partial charge in [-0.2, -0.15) is 0 Å². The smallest absolute Gasteiger partial charge is 0.173 e. The molecular weight excluding hydrogens is 456 g/mol. The van der Waals surface area contributed by atoms with Crippen molar-refractivity contribution in [2.24, 2.45) is 10.9 Å². The molecule has 1 aliphatic heterocycles. The van der Waals surface area contributed by atoms with Crippen molar-refractivity contribution >= 4 is 34.5 Å².